The molecule has 0 aromatic carbocycles. The summed E-state index contributed by atoms with van der Waals surface area (Å²) in [5.74, 6) is 1.99. The van der Waals surface area contributed by atoms with Gasteiger partial charge in [0.1, 0.15) is 5.76 Å². The lowest BCUT2D eigenvalue weighted by Gasteiger charge is -2.25. The largest absolute Gasteiger partial charge is 0.469 e. The van der Waals surface area contributed by atoms with Crippen LogP contribution < -0.4 is 5.32 Å². The molecule has 130 valence electrons. The fraction of sp³-hybridized carbons (Fsp3) is 0.556. The standard InChI is InChI=1S/C18H26N4OS/c1-22(12-9-17-19-11-14-24-17)18(21-15-5-2-3-6-15)20-10-8-16-7-4-13-23-16/h4,7,11,13-15H,2-3,5-6,8-10,12H2,1H3,(H,20,21). The van der Waals surface area contributed by atoms with Crippen LogP contribution in [0.4, 0.5) is 0 Å². The summed E-state index contributed by atoms with van der Waals surface area (Å²) >= 11 is 1.72. The predicted molar refractivity (Wildman–Crippen MR) is 98.6 cm³/mol. The molecule has 2 aromatic heterocycles. The summed E-state index contributed by atoms with van der Waals surface area (Å²) in [5.41, 5.74) is 0. The van der Waals surface area contributed by atoms with Crippen LogP contribution in [0.1, 0.15) is 36.5 Å². The van der Waals surface area contributed by atoms with Crippen LogP contribution in [0.25, 0.3) is 0 Å². The van der Waals surface area contributed by atoms with Gasteiger partial charge in [0.15, 0.2) is 5.96 Å². The van der Waals surface area contributed by atoms with Gasteiger partial charge >= 0.3 is 0 Å². The zero-order chi connectivity index (χ0) is 16.6. The number of furan rings is 1. The fourth-order valence-electron chi connectivity index (χ4n) is 3.00. The Morgan fingerprint density at radius 1 is 1.42 bits per heavy atom. The molecule has 0 amide bonds. The van der Waals surface area contributed by atoms with Gasteiger partial charge in [-0.25, -0.2) is 4.98 Å². The number of hydrogen-bond donors (Lipinski definition) is 1. The molecule has 0 saturated heterocycles. The Labute approximate surface area is 147 Å². The van der Waals surface area contributed by atoms with Gasteiger partial charge in [0, 0.05) is 50.6 Å². The highest BCUT2D eigenvalue weighted by molar-refractivity contribution is 7.09. The molecule has 6 heteroatoms. The molecular formula is C18H26N4OS. The Morgan fingerprint density at radius 2 is 2.29 bits per heavy atom. The van der Waals surface area contributed by atoms with E-state index >= 15 is 0 Å². The summed E-state index contributed by atoms with van der Waals surface area (Å²) in [4.78, 5) is 11.4. The number of guanidine groups is 1. The summed E-state index contributed by atoms with van der Waals surface area (Å²) < 4.78 is 5.40. The zero-order valence-electron chi connectivity index (χ0n) is 14.3. The molecule has 0 aliphatic heterocycles. The molecule has 0 radical (unpaired) electrons. The number of aromatic nitrogens is 1. The van der Waals surface area contributed by atoms with E-state index in [1.54, 1.807) is 17.6 Å². The molecule has 1 saturated carbocycles. The first kappa shape index (κ1) is 17.0. The van der Waals surface area contributed by atoms with Gasteiger partial charge in [-0.2, -0.15) is 0 Å². The monoisotopic (exact) mass is 346 g/mol. The molecule has 1 aliphatic carbocycles. The highest BCUT2D eigenvalue weighted by Gasteiger charge is 2.18. The van der Waals surface area contributed by atoms with Gasteiger partial charge < -0.3 is 14.6 Å². The van der Waals surface area contributed by atoms with Crippen LogP contribution in [0, 0.1) is 0 Å². The van der Waals surface area contributed by atoms with Crippen molar-refractivity contribution in [1.29, 1.82) is 0 Å². The second-order valence-electron chi connectivity index (χ2n) is 6.26. The Morgan fingerprint density at radius 3 is 3.00 bits per heavy atom. The van der Waals surface area contributed by atoms with Crippen molar-refractivity contribution in [1.82, 2.24) is 15.2 Å². The number of nitrogens with one attached hydrogen (secondary N) is 1. The van der Waals surface area contributed by atoms with Gasteiger partial charge in [0.2, 0.25) is 0 Å². The van der Waals surface area contributed by atoms with Crippen LogP contribution in [0.3, 0.4) is 0 Å². The molecule has 1 aliphatic rings. The van der Waals surface area contributed by atoms with Gasteiger partial charge in [0.05, 0.1) is 11.3 Å². The molecule has 3 rings (SSSR count). The van der Waals surface area contributed by atoms with Gasteiger partial charge in [-0.15, -0.1) is 11.3 Å². The quantitative estimate of drug-likeness (QED) is 0.617. The van der Waals surface area contributed by atoms with Crippen LogP contribution in [0.2, 0.25) is 0 Å². The van der Waals surface area contributed by atoms with Crippen LogP contribution in [-0.2, 0) is 12.8 Å². The third kappa shape index (κ3) is 5.09. The third-order valence-corrected chi connectivity index (χ3v) is 5.23. The molecule has 24 heavy (non-hydrogen) atoms. The molecule has 1 fully saturated rings. The second-order valence-corrected chi connectivity index (χ2v) is 7.24. The minimum atomic E-state index is 0.565. The normalized spacial score (nSPS) is 15.8. The van der Waals surface area contributed by atoms with E-state index in [2.05, 4.69) is 22.2 Å². The maximum Gasteiger partial charge on any atom is 0.193 e. The molecule has 5 nitrogen and oxygen atoms in total. The lowest BCUT2D eigenvalue weighted by atomic mass is 10.2. The van der Waals surface area contributed by atoms with Crippen molar-refractivity contribution in [2.24, 2.45) is 4.99 Å². The Bertz CT molecular complexity index is 603. The maximum absolute atomic E-state index is 5.40. The van der Waals surface area contributed by atoms with Crippen molar-refractivity contribution >= 4 is 17.3 Å². The zero-order valence-corrected chi connectivity index (χ0v) is 15.1. The van der Waals surface area contributed by atoms with E-state index in [9.17, 15) is 0 Å². The third-order valence-electron chi connectivity index (χ3n) is 4.39. The van der Waals surface area contributed by atoms with Crippen LogP contribution in [0.5, 0.6) is 0 Å². The van der Waals surface area contributed by atoms with Crippen molar-refractivity contribution in [3.8, 4) is 0 Å². The highest BCUT2D eigenvalue weighted by atomic mass is 32.1. The lowest BCUT2D eigenvalue weighted by Crippen LogP contribution is -2.44. The topological polar surface area (TPSA) is 53.7 Å². The van der Waals surface area contributed by atoms with Gasteiger partial charge in [0.25, 0.3) is 0 Å². The summed E-state index contributed by atoms with van der Waals surface area (Å²) in [5, 5.41) is 6.86. The maximum atomic E-state index is 5.40. The van der Waals surface area contributed by atoms with Gasteiger partial charge in [-0.1, -0.05) is 12.8 Å². The highest BCUT2D eigenvalue weighted by Crippen LogP contribution is 2.18. The van der Waals surface area contributed by atoms with E-state index in [1.807, 2.05) is 23.7 Å². The van der Waals surface area contributed by atoms with Crippen molar-refractivity contribution in [2.45, 2.75) is 44.6 Å². The average molecular weight is 347 g/mol. The Kier molecular flexibility index (Phi) is 6.29. The number of thiazole rings is 1. The average Bonchev–Trinajstić information content (AvgIpc) is 3.34. The van der Waals surface area contributed by atoms with E-state index in [0.29, 0.717) is 6.04 Å². The molecule has 2 aromatic rings. The van der Waals surface area contributed by atoms with Crippen molar-refractivity contribution in [2.75, 3.05) is 20.1 Å². The molecule has 0 unspecified atom stereocenters. The minimum absolute atomic E-state index is 0.565. The van der Waals surface area contributed by atoms with E-state index < -0.39 is 0 Å². The number of rotatable bonds is 7. The van der Waals surface area contributed by atoms with Crippen molar-refractivity contribution in [3.05, 3.63) is 40.7 Å². The second kappa shape index (κ2) is 8.87. The molecule has 2 heterocycles. The smallest absolute Gasteiger partial charge is 0.193 e. The molecular weight excluding hydrogens is 320 g/mol. The Balaban J connectivity index is 1.56. The number of likely N-dealkylation sites (N-methyl/N-ethyl adjacent to an activating group) is 1. The van der Waals surface area contributed by atoms with E-state index in [4.69, 9.17) is 9.41 Å². The fourth-order valence-corrected chi connectivity index (χ4v) is 3.61. The first-order chi connectivity index (χ1) is 11.8. The minimum Gasteiger partial charge on any atom is -0.469 e. The predicted octanol–water partition coefficient (Wildman–Crippen LogP) is 3.34. The Hall–Kier alpha value is -1.82. The van der Waals surface area contributed by atoms with Crippen LogP contribution in [-0.4, -0.2) is 42.0 Å². The number of aliphatic imine (C=N–C) groups is 1. The van der Waals surface area contributed by atoms with E-state index in [0.717, 1.165) is 37.7 Å². The lowest BCUT2D eigenvalue weighted by molar-refractivity contribution is 0.462. The van der Waals surface area contributed by atoms with Crippen molar-refractivity contribution < 1.29 is 4.42 Å². The van der Waals surface area contributed by atoms with E-state index in [-0.39, 0.29) is 0 Å². The summed E-state index contributed by atoms with van der Waals surface area (Å²) in [7, 11) is 2.11. The number of hydrogen-bond acceptors (Lipinski definition) is 4. The summed E-state index contributed by atoms with van der Waals surface area (Å²) in [6.45, 7) is 1.66. The molecule has 0 spiro atoms. The summed E-state index contributed by atoms with van der Waals surface area (Å²) in [6, 6.07) is 4.50. The molecule has 0 atom stereocenters. The number of nitrogens with zero attached hydrogens (tertiary/aromatic N) is 3. The first-order valence-corrected chi connectivity index (χ1v) is 9.62. The van der Waals surface area contributed by atoms with Gasteiger partial charge in [-0.05, 0) is 25.0 Å². The van der Waals surface area contributed by atoms with Crippen LogP contribution in [0.15, 0.2) is 39.4 Å². The van der Waals surface area contributed by atoms with Crippen molar-refractivity contribution in [3.63, 3.8) is 0 Å². The molecule has 1 N–H and O–H groups in total. The van der Waals surface area contributed by atoms with Crippen LogP contribution >= 0.6 is 11.3 Å². The SMILES string of the molecule is CN(CCc1nccs1)C(=NCCc1ccco1)NC1CCCC1. The van der Waals surface area contributed by atoms with Gasteiger partial charge in [-0.3, -0.25) is 4.99 Å². The first-order valence-electron chi connectivity index (χ1n) is 8.74. The van der Waals surface area contributed by atoms with E-state index in [1.165, 1.54) is 30.7 Å². The molecule has 0 bridgehead atoms. The summed E-state index contributed by atoms with van der Waals surface area (Å²) in [6.07, 6.45) is 10.5.